The third-order valence-corrected chi connectivity index (χ3v) is 6.27. The molecule has 1 aliphatic heterocycles. The van der Waals surface area contributed by atoms with Crippen molar-refractivity contribution in [1.29, 1.82) is 0 Å². The molecule has 0 saturated carbocycles. The Hall–Kier alpha value is -3.38. The van der Waals surface area contributed by atoms with E-state index in [1.54, 1.807) is 12.1 Å². The molecule has 0 spiro atoms. The topological polar surface area (TPSA) is 80.4 Å². The molecule has 0 radical (unpaired) electrons. The fourth-order valence-electron chi connectivity index (χ4n) is 4.37. The molecule has 6 heteroatoms. The van der Waals surface area contributed by atoms with Crippen LogP contribution in [-0.2, 0) is 24.0 Å². The van der Waals surface area contributed by atoms with Crippen LogP contribution in [-0.4, -0.2) is 30.2 Å². The zero-order valence-electron chi connectivity index (χ0n) is 20.3. The first kappa shape index (κ1) is 24.7. The van der Waals surface area contributed by atoms with E-state index in [0.717, 1.165) is 44.3 Å². The zero-order chi connectivity index (χ0) is 24.5. The van der Waals surface area contributed by atoms with Gasteiger partial charge in [-0.2, -0.15) is 0 Å². The van der Waals surface area contributed by atoms with Gasteiger partial charge >= 0.3 is 0 Å². The number of H-pyrrole nitrogens is 1. The second-order valence-electron chi connectivity index (χ2n) is 9.04. The van der Waals surface area contributed by atoms with Gasteiger partial charge in [0.1, 0.15) is 12.2 Å². The summed E-state index contributed by atoms with van der Waals surface area (Å²) in [6.45, 7) is 3.29. The molecule has 1 saturated heterocycles. The van der Waals surface area contributed by atoms with E-state index in [1.807, 2.05) is 18.2 Å². The Balaban J connectivity index is 1.54. The van der Waals surface area contributed by atoms with Crippen molar-refractivity contribution in [3.63, 3.8) is 0 Å². The molecule has 2 N–H and O–H groups in total. The van der Waals surface area contributed by atoms with E-state index in [-0.39, 0.29) is 17.1 Å². The Morgan fingerprint density at radius 3 is 2.46 bits per heavy atom. The van der Waals surface area contributed by atoms with E-state index in [4.69, 9.17) is 9.47 Å². The Morgan fingerprint density at radius 2 is 1.77 bits per heavy atom. The van der Waals surface area contributed by atoms with Crippen LogP contribution >= 0.6 is 0 Å². The number of nitrogens with one attached hydrogen (secondary N) is 2. The summed E-state index contributed by atoms with van der Waals surface area (Å²) < 4.78 is 11.6. The van der Waals surface area contributed by atoms with E-state index in [2.05, 4.69) is 41.5 Å². The first-order chi connectivity index (χ1) is 17.1. The summed E-state index contributed by atoms with van der Waals surface area (Å²) in [6.07, 6.45) is 6.54. The van der Waals surface area contributed by atoms with Crippen LogP contribution in [0.2, 0.25) is 0 Å². The molecular weight excluding hydrogens is 440 g/mol. The van der Waals surface area contributed by atoms with Crippen molar-refractivity contribution in [2.24, 2.45) is 0 Å². The van der Waals surface area contributed by atoms with Crippen molar-refractivity contribution in [1.82, 2.24) is 4.98 Å². The minimum atomic E-state index is -0.423. The fraction of sp³-hybridized carbons (Fsp3) is 0.379. The largest absolute Gasteiger partial charge is 0.476 e. The maximum atomic E-state index is 13.1. The molecule has 1 aliphatic rings. The number of carbonyl (C=O) groups is 1. The third kappa shape index (κ3) is 7.06. The smallest absolute Gasteiger partial charge is 0.261 e. The highest BCUT2D eigenvalue weighted by Gasteiger charge is 2.20. The summed E-state index contributed by atoms with van der Waals surface area (Å²) in [5.74, 6) is -0.0540. The fourth-order valence-corrected chi connectivity index (χ4v) is 4.37. The number of benzene rings is 2. The predicted molar refractivity (Wildman–Crippen MR) is 138 cm³/mol. The lowest BCUT2D eigenvalue weighted by Crippen LogP contribution is -2.28. The first-order valence-electron chi connectivity index (χ1n) is 12.6. The molecule has 4 rings (SSSR count). The van der Waals surface area contributed by atoms with Gasteiger partial charge in [0.2, 0.25) is 0 Å². The highest BCUT2D eigenvalue weighted by atomic mass is 16.5. The van der Waals surface area contributed by atoms with Crippen LogP contribution in [0.1, 0.15) is 59.8 Å². The second-order valence-corrected chi connectivity index (χ2v) is 9.04. The number of hydrogen-bond acceptors (Lipinski definition) is 4. The molecule has 1 aromatic heterocycles. The Kier molecular flexibility index (Phi) is 8.74. The number of aromatic nitrogens is 1. The third-order valence-electron chi connectivity index (χ3n) is 6.27. The first-order valence-corrected chi connectivity index (χ1v) is 12.6. The summed E-state index contributed by atoms with van der Waals surface area (Å²) in [5, 5.41) is 2.84. The van der Waals surface area contributed by atoms with Crippen LogP contribution in [0.3, 0.4) is 0 Å². The number of anilines is 1. The molecular formula is C29H34N2O4. The number of para-hydroxylation sites is 1. The summed E-state index contributed by atoms with van der Waals surface area (Å²) in [7, 11) is 0. The summed E-state index contributed by atoms with van der Waals surface area (Å²) in [5.41, 5.74) is 3.45. The SMILES string of the molecule is CCCc1ccc(CCc2[nH]c(OCC3CCCCO3)cc(=O)c2C(=O)Nc2ccccc2)cc1. The molecule has 1 amide bonds. The molecule has 184 valence electrons. The summed E-state index contributed by atoms with van der Waals surface area (Å²) in [6, 6.07) is 19.0. The Labute approximate surface area is 206 Å². The van der Waals surface area contributed by atoms with Gasteiger partial charge in [0.25, 0.3) is 5.91 Å². The lowest BCUT2D eigenvalue weighted by Gasteiger charge is -2.22. The molecule has 35 heavy (non-hydrogen) atoms. The van der Waals surface area contributed by atoms with Crippen molar-refractivity contribution in [2.75, 3.05) is 18.5 Å². The van der Waals surface area contributed by atoms with Gasteiger partial charge in [-0.3, -0.25) is 9.59 Å². The van der Waals surface area contributed by atoms with Gasteiger partial charge in [0, 0.05) is 24.1 Å². The molecule has 0 bridgehead atoms. The van der Waals surface area contributed by atoms with E-state index in [1.165, 1.54) is 11.6 Å². The van der Waals surface area contributed by atoms with Gasteiger partial charge in [-0.15, -0.1) is 0 Å². The molecule has 1 atom stereocenters. The number of ether oxygens (including phenoxy) is 2. The highest BCUT2D eigenvalue weighted by Crippen LogP contribution is 2.18. The molecule has 1 unspecified atom stereocenters. The molecule has 3 aromatic rings. The lowest BCUT2D eigenvalue weighted by molar-refractivity contribution is -0.0120. The van der Waals surface area contributed by atoms with E-state index < -0.39 is 5.91 Å². The average molecular weight is 475 g/mol. The van der Waals surface area contributed by atoms with Crippen LogP contribution < -0.4 is 15.5 Å². The zero-order valence-corrected chi connectivity index (χ0v) is 20.3. The molecule has 0 aliphatic carbocycles. The number of carbonyl (C=O) groups excluding carboxylic acids is 1. The summed E-state index contributed by atoms with van der Waals surface area (Å²) in [4.78, 5) is 29.4. The second kappa shape index (κ2) is 12.4. The lowest BCUT2D eigenvalue weighted by atomic mass is 10.0. The average Bonchev–Trinajstić information content (AvgIpc) is 2.88. The van der Waals surface area contributed by atoms with Gasteiger partial charge < -0.3 is 19.8 Å². The van der Waals surface area contributed by atoms with Gasteiger partial charge in [0.05, 0.1) is 6.10 Å². The Morgan fingerprint density at radius 1 is 1.03 bits per heavy atom. The van der Waals surface area contributed by atoms with E-state index in [9.17, 15) is 9.59 Å². The molecule has 1 fully saturated rings. The highest BCUT2D eigenvalue weighted by molar-refractivity contribution is 6.05. The van der Waals surface area contributed by atoms with Gasteiger partial charge in [-0.1, -0.05) is 55.8 Å². The van der Waals surface area contributed by atoms with Crippen molar-refractivity contribution in [3.05, 3.63) is 93.3 Å². The van der Waals surface area contributed by atoms with Crippen LogP contribution in [0.4, 0.5) is 5.69 Å². The monoisotopic (exact) mass is 474 g/mol. The van der Waals surface area contributed by atoms with Crippen LogP contribution in [0, 0.1) is 0 Å². The minimum absolute atomic E-state index is 0.0263. The number of hydrogen-bond donors (Lipinski definition) is 2. The number of rotatable bonds is 10. The van der Waals surface area contributed by atoms with Crippen LogP contribution in [0.25, 0.3) is 0 Å². The number of pyridine rings is 1. The maximum Gasteiger partial charge on any atom is 0.261 e. The van der Waals surface area contributed by atoms with E-state index >= 15 is 0 Å². The number of aromatic amines is 1. The standard InChI is InChI=1S/C29H34N2O4/c1-2-8-21-12-14-22(15-13-21)16-17-25-28(29(33)30-23-9-4-3-5-10-23)26(32)19-27(31-25)35-20-24-11-6-7-18-34-24/h3-5,9-10,12-15,19,24H,2,6-8,11,16-18,20H2,1H3,(H,30,33)(H,31,32). The quantitative estimate of drug-likeness (QED) is 0.417. The van der Waals surface area contributed by atoms with Crippen molar-refractivity contribution in [3.8, 4) is 5.88 Å². The van der Waals surface area contributed by atoms with E-state index in [0.29, 0.717) is 36.7 Å². The van der Waals surface area contributed by atoms with Gasteiger partial charge in [-0.05, 0) is 61.8 Å². The molecule has 2 heterocycles. The number of amides is 1. The van der Waals surface area contributed by atoms with Crippen molar-refractivity contribution < 1.29 is 14.3 Å². The molecule has 6 nitrogen and oxygen atoms in total. The van der Waals surface area contributed by atoms with Crippen molar-refractivity contribution in [2.45, 2.75) is 58.0 Å². The van der Waals surface area contributed by atoms with Crippen molar-refractivity contribution >= 4 is 11.6 Å². The van der Waals surface area contributed by atoms with Gasteiger partial charge in [0.15, 0.2) is 11.3 Å². The van der Waals surface area contributed by atoms with Crippen LogP contribution in [0.15, 0.2) is 65.5 Å². The summed E-state index contributed by atoms with van der Waals surface area (Å²) >= 11 is 0. The normalized spacial score (nSPS) is 15.5. The Bertz CT molecular complexity index is 1150. The minimum Gasteiger partial charge on any atom is -0.476 e. The maximum absolute atomic E-state index is 13.1. The predicted octanol–water partition coefficient (Wildman–Crippen LogP) is 5.31. The molecule has 2 aromatic carbocycles. The number of aryl methyl sites for hydroxylation is 3. The van der Waals surface area contributed by atoms with Crippen LogP contribution in [0.5, 0.6) is 5.88 Å². The van der Waals surface area contributed by atoms with Gasteiger partial charge in [-0.25, -0.2) is 0 Å².